The van der Waals surface area contributed by atoms with Crippen molar-refractivity contribution in [1.29, 1.82) is 0 Å². The molecule has 1 aliphatic carbocycles. The van der Waals surface area contributed by atoms with Gasteiger partial charge < -0.3 is 9.88 Å². The normalized spacial score (nSPS) is 25.4. The maximum absolute atomic E-state index is 11.2. The molecule has 1 heterocycles. The molecule has 0 aliphatic heterocycles. The van der Waals surface area contributed by atoms with Gasteiger partial charge >= 0.3 is 0 Å². The molecule has 1 N–H and O–H groups in total. The van der Waals surface area contributed by atoms with E-state index in [1.165, 1.54) is 32.0 Å². The summed E-state index contributed by atoms with van der Waals surface area (Å²) in [6, 6.07) is 2.09. The van der Waals surface area contributed by atoms with Crippen LogP contribution in [0, 0.1) is 5.92 Å². The standard InChI is InChI=1S/C12H19N3O/c1-9-4-3-5-10(6-9)15(2)11-7-12(16)14-8-13-11/h7-10H,3-6H2,1-2H3,(H,13,14,16). The second kappa shape index (κ2) is 4.68. The van der Waals surface area contributed by atoms with E-state index in [0.717, 1.165) is 11.7 Å². The first kappa shape index (κ1) is 11.2. The summed E-state index contributed by atoms with van der Waals surface area (Å²) < 4.78 is 0. The lowest BCUT2D eigenvalue weighted by atomic mass is 9.86. The highest BCUT2D eigenvalue weighted by molar-refractivity contribution is 5.36. The minimum absolute atomic E-state index is 0.0827. The lowest BCUT2D eigenvalue weighted by Crippen LogP contribution is -2.36. The van der Waals surface area contributed by atoms with Gasteiger partial charge in [0.1, 0.15) is 5.82 Å². The molecule has 16 heavy (non-hydrogen) atoms. The summed E-state index contributed by atoms with van der Waals surface area (Å²) in [5, 5.41) is 0. The molecule has 0 amide bonds. The number of hydrogen-bond donors (Lipinski definition) is 1. The lowest BCUT2D eigenvalue weighted by Gasteiger charge is -2.34. The molecule has 4 heteroatoms. The highest BCUT2D eigenvalue weighted by Crippen LogP contribution is 2.28. The van der Waals surface area contributed by atoms with Gasteiger partial charge in [-0.1, -0.05) is 19.8 Å². The van der Waals surface area contributed by atoms with Gasteiger partial charge in [-0.15, -0.1) is 0 Å². The molecule has 1 saturated carbocycles. The molecule has 2 atom stereocenters. The van der Waals surface area contributed by atoms with Crippen LogP contribution in [0.1, 0.15) is 32.6 Å². The Bertz CT molecular complexity index is 401. The van der Waals surface area contributed by atoms with Gasteiger partial charge in [0.05, 0.1) is 6.33 Å². The summed E-state index contributed by atoms with van der Waals surface area (Å²) in [6.07, 6.45) is 6.48. The highest BCUT2D eigenvalue weighted by Gasteiger charge is 2.23. The van der Waals surface area contributed by atoms with E-state index in [4.69, 9.17) is 0 Å². The highest BCUT2D eigenvalue weighted by atomic mass is 16.1. The molecule has 0 radical (unpaired) electrons. The summed E-state index contributed by atoms with van der Waals surface area (Å²) in [5.41, 5.74) is -0.0827. The zero-order valence-electron chi connectivity index (χ0n) is 9.94. The van der Waals surface area contributed by atoms with Crippen LogP contribution < -0.4 is 10.5 Å². The molecule has 0 aromatic carbocycles. The van der Waals surface area contributed by atoms with Crippen LogP contribution in [0.2, 0.25) is 0 Å². The Morgan fingerprint density at radius 3 is 3.00 bits per heavy atom. The SMILES string of the molecule is CC1CCCC(N(C)c2cc(=O)[nH]cn2)C1. The van der Waals surface area contributed by atoms with Crippen molar-refractivity contribution in [2.24, 2.45) is 5.92 Å². The van der Waals surface area contributed by atoms with E-state index in [9.17, 15) is 4.79 Å². The fourth-order valence-electron chi connectivity index (χ4n) is 2.49. The molecule has 1 aromatic rings. The maximum Gasteiger partial charge on any atom is 0.252 e. The van der Waals surface area contributed by atoms with Gasteiger partial charge in [-0.2, -0.15) is 0 Å². The van der Waals surface area contributed by atoms with Gasteiger partial charge in [0.25, 0.3) is 5.56 Å². The van der Waals surface area contributed by atoms with Crippen LogP contribution in [0.5, 0.6) is 0 Å². The summed E-state index contributed by atoms with van der Waals surface area (Å²) in [4.78, 5) is 20.1. The topological polar surface area (TPSA) is 49.0 Å². The molecule has 1 aliphatic rings. The van der Waals surface area contributed by atoms with Crippen LogP contribution in [0.25, 0.3) is 0 Å². The van der Waals surface area contributed by atoms with Gasteiger partial charge in [0.15, 0.2) is 0 Å². The molecule has 88 valence electrons. The third-order valence-corrected chi connectivity index (χ3v) is 3.48. The number of aromatic amines is 1. The van der Waals surface area contributed by atoms with Crippen molar-refractivity contribution < 1.29 is 0 Å². The summed E-state index contributed by atoms with van der Waals surface area (Å²) in [7, 11) is 2.03. The molecule has 1 aromatic heterocycles. The van der Waals surface area contributed by atoms with Crippen LogP contribution in [0.4, 0.5) is 5.82 Å². The summed E-state index contributed by atoms with van der Waals surface area (Å²) in [5.74, 6) is 1.56. The third-order valence-electron chi connectivity index (χ3n) is 3.48. The van der Waals surface area contributed by atoms with E-state index >= 15 is 0 Å². The predicted octanol–water partition coefficient (Wildman–Crippen LogP) is 1.78. The Morgan fingerprint density at radius 2 is 2.31 bits per heavy atom. The zero-order chi connectivity index (χ0) is 11.5. The number of nitrogens with zero attached hydrogens (tertiary/aromatic N) is 2. The van der Waals surface area contributed by atoms with Gasteiger partial charge in [0.2, 0.25) is 0 Å². The Kier molecular flexibility index (Phi) is 3.27. The molecule has 0 saturated heterocycles. The average molecular weight is 221 g/mol. The van der Waals surface area contributed by atoms with Crippen LogP contribution in [0.15, 0.2) is 17.2 Å². The average Bonchev–Trinajstić information content (AvgIpc) is 2.28. The van der Waals surface area contributed by atoms with Crippen LogP contribution in [0.3, 0.4) is 0 Å². The molecular formula is C12H19N3O. The fourth-order valence-corrected chi connectivity index (χ4v) is 2.49. The van der Waals surface area contributed by atoms with E-state index in [1.807, 2.05) is 7.05 Å². The molecular weight excluding hydrogens is 202 g/mol. The van der Waals surface area contributed by atoms with Crippen molar-refractivity contribution in [3.63, 3.8) is 0 Å². The number of anilines is 1. The van der Waals surface area contributed by atoms with E-state index in [2.05, 4.69) is 21.8 Å². The van der Waals surface area contributed by atoms with Crippen molar-refractivity contribution in [2.45, 2.75) is 38.6 Å². The van der Waals surface area contributed by atoms with Gasteiger partial charge in [-0.05, 0) is 18.8 Å². The number of hydrogen-bond acceptors (Lipinski definition) is 3. The predicted molar refractivity (Wildman–Crippen MR) is 64.7 cm³/mol. The third kappa shape index (κ3) is 2.43. The smallest absolute Gasteiger partial charge is 0.252 e. The van der Waals surface area contributed by atoms with Gasteiger partial charge in [-0.25, -0.2) is 4.98 Å². The van der Waals surface area contributed by atoms with Crippen LogP contribution in [-0.4, -0.2) is 23.1 Å². The van der Waals surface area contributed by atoms with E-state index < -0.39 is 0 Å². The van der Waals surface area contributed by atoms with Gasteiger partial charge in [0, 0.05) is 19.2 Å². The van der Waals surface area contributed by atoms with Crippen molar-refractivity contribution in [2.75, 3.05) is 11.9 Å². The van der Waals surface area contributed by atoms with Crippen molar-refractivity contribution >= 4 is 5.82 Å². The minimum atomic E-state index is -0.0827. The second-order valence-corrected chi connectivity index (χ2v) is 4.81. The Labute approximate surface area is 95.7 Å². The lowest BCUT2D eigenvalue weighted by molar-refractivity contribution is 0.335. The Balaban J connectivity index is 2.12. The molecule has 2 rings (SSSR count). The van der Waals surface area contributed by atoms with Crippen molar-refractivity contribution in [1.82, 2.24) is 9.97 Å². The first-order valence-electron chi connectivity index (χ1n) is 5.94. The molecule has 4 nitrogen and oxygen atoms in total. The van der Waals surface area contributed by atoms with E-state index in [0.29, 0.717) is 6.04 Å². The number of aromatic nitrogens is 2. The minimum Gasteiger partial charge on any atom is -0.356 e. The monoisotopic (exact) mass is 221 g/mol. The first-order valence-corrected chi connectivity index (χ1v) is 5.94. The van der Waals surface area contributed by atoms with E-state index in [1.54, 1.807) is 6.07 Å². The molecule has 1 fully saturated rings. The molecule has 0 spiro atoms. The number of H-pyrrole nitrogens is 1. The summed E-state index contributed by atoms with van der Waals surface area (Å²) >= 11 is 0. The quantitative estimate of drug-likeness (QED) is 0.828. The van der Waals surface area contributed by atoms with Crippen molar-refractivity contribution in [3.8, 4) is 0 Å². The summed E-state index contributed by atoms with van der Waals surface area (Å²) in [6.45, 7) is 2.30. The maximum atomic E-state index is 11.2. The Morgan fingerprint density at radius 1 is 1.50 bits per heavy atom. The number of nitrogens with one attached hydrogen (secondary N) is 1. The fraction of sp³-hybridized carbons (Fsp3) is 0.667. The Hall–Kier alpha value is -1.32. The van der Waals surface area contributed by atoms with Crippen LogP contribution >= 0.6 is 0 Å². The van der Waals surface area contributed by atoms with Crippen molar-refractivity contribution in [3.05, 3.63) is 22.7 Å². The largest absolute Gasteiger partial charge is 0.356 e. The van der Waals surface area contributed by atoms with Crippen LogP contribution in [-0.2, 0) is 0 Å². The molecule has 0 bridgehead atoms. The molecule has 2 unspecified atom stereocenters. The van der Waals surface area contributed by atoms with Gasteiger partial charge in [-0.3, -0.25) is 4.79 Å². The zero-order valence-corrected chi connectivity index (χ0v) is 9.94. The second-order valence-electron chi connectivity index (χ2n) is 4.81. The first-order chi connectivity index (χ1) is 7.66. The van der Waals surface area contributed by atoms with E-state index in [-0.39, 0.29) is 5.56 Å². The number of rotatable bonds is 2.